The van der Waals surface area contributed by atoms with E-state index in [2.05, 4.69) is 34.1 Å². The second-order valence-corrected chi connectivity index (χ2v) is 7.69. The topological polar surface area (TPSA) is 116 Å². The van der Waals surface area contributed by atoms with Crippen LogP contribution in [0.3, 0.4) is 0 Å². The standard InChI is InChI=1S/C21H19BrN4O2/c1-27-17-8-18(28-2)16(22)7-14(17)19-13-6-4-3-5-12(13)15(9-23)20(26)21(19,10-24)11-25/h5,7-8,13,19H,3-4,6,26H2,1-2H3/t13-,19+/m1/s1. The van der Waals surface area contributed by atoms with Crippen LogP contribution in [0.25, 0.3) is 0 Å². The molecule has 2 aliphatic rings. The zero-order valence-corrected chi connectivity index (χ0v) is 17.2. The molecule has 0 saturated carbocycles. The van der Waals surface area contributed by atoms with Crippen molar-refractivity contribution in [3.8, 4) is 29.7 Å². The van der Waals surface area contributed by atoms with E-state index in [9.17, 15) is 15.8 Å². The monoisotopic (exact) mass is 438 g/mol. The normalized spacial score (nSPS) is 22.8. The summed E-state index contributed by atoms with van der Waals surface area (Å²) >= 11 is 3.49. The zero-order chi connectivity index (χ0) is 20.5. The lowest BCUT2D eigenvalue weighted by Gasteiger charge is -2.43. The predicted octanol–water partition coefficient (Wildman–Crippen LogP) is 4.06. The van der Waals surface area contributed by atoms with Crippen molar-refractivity contribution in [3.05, 3.63) is 45.1 Å². The first kappa shape index (κ1) is 19.8. The van der Waals surface area contributed by atoms with Gasteiger partial charge < -0.3 is 15.2 Å². The highest BCUT2D eigenvalue weighted by molar-refractivity contribution is 9.10. The Morgan fingerprint density at radius 1 is 1.14 bits per heavy atom. The first-order valence-electron chi connectivity index (χ1n) is 8.83. The van der Waals surface area contributed by atoms with Crippen LogP contribution in [0, 0.1) is 45.3 Å². The van der Waals surface area contributed by atoms with Crippen molar-refractivity contribution < 1.29 is 9.47 Å². The summed E-state index contributed by atoms with van der Waals surface area (Å²) in [5.74, 6) is 0.349. The van der Waals surface area contributed by atoms with E-state index >= 15 is 0 Å². The molecular formula is C21H19BrN4O2. The zero-order valence-electron chi connectivity index (χ0n) is 15.6. The third kappa shape index (κ3) is 2.73. The fraction of sp³-hybridized carbons (Fsp3) is 0.381. The molecule has 0 radical (unpaired) electrons. The lowest BCUT2D eigenvalue weighted by Crippen LogP contribution is -2.42. The molecule has 1 aromatic carbocycles. The quantitative estimate of drug-likeness (QED) is 0.759. The Hall–Kier alpha value is -2.95. The van der Waals surface area contributed by atoms with Crippen LogP contribution in [-0.4, -0.2) is 14.2 Å². The van der Waals surface area contributed by atoms with Crippen molar-refractivity contribution in [1.82, 2.24) is 0 Å². The van der Waals surface area contributed by atoms with Gasteiger partial charge in [0.15, 0.2) is 5.41 Å². The van der Waals surface area contributed by atoms with Gasteiger partial charge in [0.25, 0.3) is 0 Å². The molecule has 0 fully saturated rings. The molecule has 0 spiro atoms. The maximum absolute atomic E-state index is 10.1. The first-order chi connectivity index (χ1) is 13.5. The average Bonchev–Trinajstić information content (AvgIpc) is 2.73. The number of halogens is 1. The molecule has 6 nitrogen and oxygen atoms in total. The average molecular weight is 439 g/mol. The van der Waals surface area contributed by atoms with Crippen LogP contribution >= 0.6 is 15.9 Å². The lowest BCUT2D eigenvalue weighted by molar-refractivity contribution is 0.304. The number of allylic oxidation sites excluding steroid dienone is 4. The molecule has 0 unspecified atom stereocenters. The van der Waals surface area contributed by atoms with E-state index in [1.165, 1.54) is 7.11 Å². The van der Waals surface area contributed by atoms with Crippen molar-refractivity contribution in [2.75, 3.05) is 14.2 Å². The number of ether oxygens (including phenoxy) is 2. The fourth-order valence-electron chi connectivity index (χ4n) is 4.34. The molecule has 28 heavy (non-hydrogen) atoms. The van der Waals surface area contributed by atoms with Gasteiger partial charge in [-0.3, -0.25) is 0 Å². The number of benzene rings is 1. The van der Waals surface area contributed by atoms with Gasteiger partial charge in [-0.2, -0.15) is 15.8 Å². The van der Waals surface area contributed by atoms with Crippen LogP contribution in [0.5, 0.6) is 11.5 Å². The van der Waals surface area contributed by atoms with E-state index in [4.69, 9.17) is 15.2 Å². The van der Waals surface area contributed by atoms with Gasteiger partial charge in [0.2, 0.25) is 0 Å². The molecule has 0 amide bonds. The SMILES string of the molecule is COc1cc(OC)c([C@@H]2[C@@H]3CCCC=C3C(C#N)=C(N)C2(C#N)C#N)cc1Br. The molecule has 0 saturated heterocycles. The van der Waals surface area contributed by atoms with Crippen molar-refractivity contribution in [3.63, 3.8) is 0 Å². The number of hydrogen-bond donors (Lipinski definition) is 1. The minimum absolute atomic E-state index is 0.0170. The Morgan fingerprint density at radius 2 is 1.82 bits per heavy atom. The highest BCUT2D eigenvalue weighted by atomic mass is 79.9. The molecule has 0 aliphatic heterocycles. The van der Waals surface area contributed by atoms with Crippen LogP contribution in [0.1, 0.15) is 30.7 Å². The fourth-order valence-corrected chi connectivity index (χ4v) is 4.87. The van der Waals surface area contributed by atoms with Gasteiger partial charge in [-0.1, -0.05) is 6.08 Å². The molecule has 0 bridgehead atoms. The van der Waals surface area contributed by atoms with Crippen molar-refractivity contribution >= 4 is 15.9 Å². The molecule has 2 atom stereocenters. The van der Waals surface area contributed by atoms with Gasteiger partial charge in [0.05, 0.1) is 42.1 Å². The van der Waals surface area contributed by atoms with Crippen molar-refractivity contribution in [2.24, 2.45) is 17.1 Å². The number of nitriles is 3. The highest BCUT2D eigenvalue weighted by Gasteiger charge is 2.54. The summed E-state index contributed by atoms with van der Waals surface area (Å²) < 4.78 is 11.6. The molecule has 1 aromatic rings. The minimum atomic E-state index is -1.66. The number of nitrogens with zero attached hydrogens (tertiary/aromatic N) is 3. The summed E-state index contributed by atoms with van der Waals surface area (Å²) in [5.41, 5.74) is 6.44. The Labute approximate surface area is 172 Å². The van der Waals surface area contributed by atoms with Crippen LogP contribution < -0.4 is 15.2 Å². The number of nitrogens with two attached hydrogens (primary N) is 1. The minimum Gasteiger partial charge on any atom is -0.496 e. The van der Waals surface area contributed by atoms with E-state index in [0.717, 1.165) is 24.8 Å². The Morgan fingerprint density at radius 3 is 2.39 bits per heavy atom. The summed E-state index contributed by atoms with van der Waals surface area (Å²) in [7, 11) is 3.09. The van der Waals surface area contributed by atoms with Gasteiger partial charge in [-0.05, 0) is 52.7 Å². The molecule has 2 aliphatic carbocycles. The predicted molar refractivity (Wildman–Crippen MR) is 106 cm³/mol. The summed E-state index contributed by atoms with van der Waals surface area (Å²) in [6.45, 7) is 0. The van der Waals surface area contributed by atoms with E-state index in [1.54, 1.807) is 13.2 Å². The van der Waals surface area contributed by atoms with Crippen LogP contribution in [0.2, 0.25) is 0 Å². The molecule has 3 rings (SSSR count). The number of hydrogen-bond acceptors (Lipinski definition) is 6. The Balaban J connectivity index is 2.38. The summed E-state index contributed by atoms with van der Waals surface area (Å²) in [6.07, 6.45) is 4.52. The number of methoxy groups -OCH3 is 2. The second-order valence-electron chi connectivity index (χ2n) is 6.84. The third-order valence-corrected chi connectivity index (χ3v) is 6.26. The molecule has 2 N–H and O–H groups in total. The maximum Gasteiger partial charge on any atom is 0.191 e. The highest BCUT2D eigenvalue weighted by Crippen LogP contribution is 2.57. The lowest BCUT2D eigenvalue weighted by atomic mass is 9.56. The number of fused-ring (bicyclic) bond motifs is 1. The van der Waals surface area contributed by atoms with E-state index < -0.39 is 11.3 Å². The maximum atomic E-state index is 10.1. The van der Waals surface area contributed by atoms with Crippen LogP contribution in [0.4, 0.5) is 0 Å². The molecular weight excluding hydrogens is 420 g/mol. The summed E-state index contributed by atoms with van der Waals surface area (Å²) in [4.78, 5) is 0. The smallest absolute Gasteiger partial charge is 0.191 e. The number of rotatable bonds is 3. The molecule has 0 heterocycles. The van der Waals surface area contributed by atoms with E-state index in [1.807, 2.05) is 12.1 Å². The van der Waals surface area contributed by atoms with E-state index in [-0.39, 0.29) is 17.2 Å². The van der Waals surface area contributed by atoms with Gasteiger partial charge in [0.1, 0.15) is 17.6 Å². The Kier molecular flexibility index (Phi) is 5.36. The van der Waals surface area contributed by atoms with Crippen LogP contribution in [0.15, 0.2) is 39.5 Å². The van der Waals surface area contributed by atoms with Gasteiger partial charge in [0, 0.05) is 17.5 Å². The summed E-state index contributed by atoms with van der Waals surface area (Å²) in [6, 6.07) is 9.95. The van der Waals surface area contributed by atoms with E-state index in [0.29, 0.717) is 21.5 Å². The molecule has 142 valence electrons. The molecule has 0 aromatic heterocycles. The molecule has 7 heteroatoms. The Bertz CT molecular complexity index is 993. The van der Waals surface area contributed by atoms with Crippen molar-refractivity contribution in [1.29, 1.82) is 15.8 Å². The first-order valence-corrected chi connectivity index (χ1v) is 9.63. The van der Waals surface area contributed by atoms with Gasteiger partial charge >= 0.3 is 0 Å². The van der Waals surface area contributed by atoms with Crippen LogP contribution in [-0.2, 0) is 0 Å². The summed E-state index contributed by atoms with van der Waals surface area (Å²) in [5, 5.41) is 29.9. The van der Waals surface area contributed by atoms with Gasteiger partial charge in [-0.15, -0.1) is 0 Å². The second kappa shape index (κ2) is 7.58. The largest absolute Gasteiger partial charge is 0.496 e. The van der Waals surface area contributed by atoms with Gasteiger partial charge in [-0.25, -0.2) is 0 Å². The third-order valence-electron chi connectivity index (χ3n) is 5.64. The van der Waals surface area contributed by atoms with Crippen molar-refractivity contribution in [2.45, 2.75) is 25.2 Å².